The highest BCUT2D eigenvalue weighted by Crippen LogP contribution is 2.38. The van der Waals surface area contributed by atoms with Crippen LogP contribution in [0.15, 0.2) is 42.5 Å². The fraction of sp³-hybridized carbons (Fsp3) is 0.350. The number of rotatable bonds is 2. The molecule has 2 aromatic carbocycles. The van der Waals surface area contributed by atoms with Crippen molar-refractivity contribution < 1.29 is 14.3 Å². The van der Waals surface area contributed by atoms with Crippen molar-refractivity contribution in [3.63, 3.8) is 0 Å². The Kier molecular flexibility index (Phi) is 4.83. The van der Waals surface area contributed by atoms with Crippen molar-refractivity contribution in [1.82, 2.24) is 4.90 Å². The number of ether oxygens (including phenoxy) is 2. The Bertz CT molecular complexity index is 775. The Morgan fingerprint density at radius 1 is 1.00 bits per heavy atom. The summed E-state index contributed by atoms with van der Waals surface area (Å²) in [6, 6.07) is 14.0. The number of nitrogens with zero attached hydrogens (tertiary/aromatic N) is 1. The summed E-state index contributed by atoms with van der Waals surface area (Å²) in [7, 11) is 0. The van der Waals surface area contributed by atoms with Crippen molar-refractivity contribution in [2.75, 3.05) is 19.8 Å². The Labute approximate surface area is 161 Å². The average molecular weight is 449 g/mol. The molecular formula is C20H20INO3. The van der Waals surface area contributed by atoms with Gasteiger partial charge in [0.2, 0.25) is 0 Å². The predicted molar refractivity (Wildman–Crippen MR) is 104 cm³/mol. The molecule has 0 bridgehead atoms. The predicted octanol–water partition coefficient (Wildman–Crippen LogP) is 4.43. The molecule has 4 rings (SSSR count). The molecule has 0 aliphatic carbocycles. The second-order valence-corrected chi connectivity index (χ2v) is 7.67. The number of benzene rings is 2. The van der Waals surface area contributed by atoms with Crippen LogP contribution in [-0.2, 0) is 0 Å². The van der Waals surface area contributed by atoms with Crippen LogP contribution in [0.2, 0.25) is 0 Å². The van der Waals surface area contributed by atoms with Gasteiger partial charge in [0.1, 0.15) is 0 Å². The first kappa shape index (κ1) is 16.7. The van der Waals surface area contributed by atoms with Crippen molar-refractivity contribution in [3.05, 3.63) is 57.2 Å². The molecule has 2 aliphatic rings. The summed E-state index contributed by atoms with van der Waals surface area (Å²) in [6.45, 7) is 2.16. The fourth-order valence-corrected chi connectivity index (χ4v) is 3.86. The van der Waals surface area contributed by atoms with E-state index in [1.807, 2.05) is 41.3 Å². The largest absolute Gasteiger partial charge is 0.490 e. The van der Waals surface area contributed by atoms with E-state index in [4.69, 9.17) is 9.47 Å². The van der Waals surface area contributed by atoms with E-state index in [0.29, 0.717) is 13.2 Å². The molecule has 1 atom stereocenters. The van der Waals surface area contributed by atoms with Crippen LogP contribution < -0.4 is 9.47 Å². The first-order valence-electron chi connectivity index (χ1n) is 8.68. The first-order chi connectivity index (χ1) is 12.2. The molecule has 0 spiro atoms. The molecule has 1 saturated heterocycles. The number of fused-ring (bicyclic) bond motifs is 1. The van der Waals surface area contributed by atoms with E-state index < -0.39 is 0 Å². The fourth-order valence-electron chi connectivity index (χ4n) is 3.50. The van der Waals surface area contributed by atoms with Crippen LogP contribution >= 0.6 is 22.6 Å². The molecule has 4 nitrogen and oxygen atoms in total. The smallest absolute Gasteiger partial charge is 0.254 e. The molecule has 2 aromatic rings. The minimum atomic E-state index is 0.101. The summed E-state index contributed by atoms with van der Waals surface area (Å²) in [5.41, 5.74) is 1.88. The SMILES string of the molecule is O=C(c1ccc(I)cc1)N1CCCC1c1ccc2c(c1)OCCCO2. The van der Waals surface area contributed by atoms with Crippen LogP contribution in [0.25, 0.3) is 0 Å². The summed E-state index contributed by atoms with van der Waals surface area (Å²) in [4.78, 5) is 14.9. The molecule has 2 heterocycles. The third kappa shape index (κ3) is 3.47. The van der Waals surface area contributed by atoms with Gasteiger partial charge in [-0.05, 0) is 77.4 Å². The lowest BCUT2D eigenvalue weighted by atomic mass is 10.0. The Morgan fingerprint density at radius 2 is 1.76 bits per heavy atom. The van der Waals surface area contributed by atoms with Gasteiger partial charge in [0.25, 0.3) is 5.91 Å². The van der Waals surface area contributed by atoms with Crippen LogP contribution in [0.4, 0.5) is 0 Å². The molecule has 130 valence electrons. The summed E-state index contributed by atoms with van der Waals surface area (Å²) in [6.07, 6.45) is 2.90. The van der Waals surface area contributed by atoms with E-state index in [0.717, 1.165) is 52.0 Å². The molecule has 1 amide bonds. The normalized spacial score (nSPS) is 19.6. The van der Waals surface area contributed by atoms with Crippen molar-refractivity contribution in [2.45, 2.75) is 25.3 Å². The number of carbonyl (C=O) groups excluding carboxylic acids is 1. The van der Waals surface area contributed by atoms with Crippen molar-refractivity contribution in [3.8, 4) is 11.5 Å². The van der Waals surface area contributed by atoms with E-state index in [-0.39, 0.29) is 11.9 Å². The van der Waals surface area contributed by atoms with E-state index in [2.05, 4.69) is 28.7 Å². The lowest BCUT2D eigenvalue weighted by Gasteiger charge is -2.26. The lowest BCUT2D eigenvalue weighted by molar-refractivity contribution is 0.0735. The van der Waals surface area contributed by atoms with Gasteiger partial charge in [0.15, 0.2) is 11.5 Å². The van der Waals surface area contributed by atoms with E-state index in [1.165, 1.54) is 0 Å². The molecule has 0 aromatic heterocycles. The second-order valence-electron chi connectivity index (χ2n) is 6.42. The summed E-state index contributed by atoms with van der Waals surface area (Å²) < 4.78 is 12.7. The van der Waals surface area contributed by atoms with Gasteiger partial charge < -0.3 is 14.4 Å². The molecular weight excluding hydrogens is 429 g/mol. The van der Waals surface area contributed by atoms with E-state index in [9.17, 15) is 4.79 Å². The van der Waals surface area contributed by atoms with Gasteiger partial charge in [-0.2, -0.15) is 0 Å². The van der Waals surface area contributed by atoms with Gasteiger partial charge in [-0.15, -0.1) is 0 Å². The standard InChI is InChI=1S/C20H20INO3/c21-16-7-4-14(5-8-16)20(23)22-10-1-3-17(22)15-6-9-18-19(13-15)25-12-2-11-24-18/h4-9,13,17H,1-3,10-12H2. The molecule has 2 aliphatic heterocycles. The van der Waals surface area contributed by atoms with Crippen LogP contribution in [0.1, 0.15) is 41.2 Å². The van der Waals surface area contributed by atoms with Gasteiger partial charge in [-0.25, -0.2) is 0 Å². The monoisotopic (exact) mass is 449 g/mol. The average Bonchev–Trinajstić information content (AvgIpc) is 3.00. The van der Waals surface area contributed by atoms with Gasteiger partial charge in [-0.1, -0.05) is 6.07 Å². The van der Waals surface area contributed by atoms with Crippen LogP contribution in [0, 0.1) is 3.57 Å². The van der Waals surface area contributed by atoms with E-state index in [1.54, 1.807) is 0 Å². The lowest BCUT2D eigenvalue weighted by Crippen LogP contribution is -2.30. The number of halogens is 1. The number of amides is 1. The first-order valence-corrected chi connectivity index (χ1v) is 9.76. The minimum absolute atomic E-state index is 0.101. The number of carbonyl (C=O) groups is 1. The highest BCUT2D eigenvalue weighted by Gasteiger charge is 2.31. The molecule has 0 radical (unpaired) electrons. The molecule has 25 heavy (non-hydrogen) atoms. The van der Waals surface area contributed by atoms with Gasteiger partial charge in [0.05, 0.1) is 19.3 Å². The number of likely N-dealkylation sites (tertiary alicyclic amines) is 1. The second kappa shape index (κ2) is 7.23. The third-order valence-corrected chi connectivity index (χ3v) is 5.48. The zero-order chi connectivity index (χ0) is 17.2. The van der Waals surface area contributed by atoms with Gasteiger partial charge in [0, 0.05) is 22.1 Å². The third-order valence-electron chi connectivity index (χ3n) is 4.76. The highest BCUT2D eigenvalue weighted by molar-refractivity contribution is 14.1. The molecule has 0 saturated carbocycles. The summed E-state index contributed by atoms with van der Waals surface area (Å²) in [5.74, 6) is 1.70. The Hall–Kier alpha value is -1.76. The topological polar surface area (TPSA) is 38.8 Å². The van der Waals surface area contributed by atoms with Gasteiger partial charge >= 0.3 is 0 Å². The van der Waals surface area contributed by atoms with Gasteiger partial charge in [-0.3, -0.25) is 4.79 Å². The molecule has 1 fully saturated rings. The van der Waals surface area contributed by atoms with Crippen LogP contribution in [0.3, 0.4) is 0 Å². The maximum Gasteiger partial charge on any atom is 0.254 e. The summed E-state index contributed by atoms with van der Waals surface area (Å²) in [5, 5.41) is 0. The van der Waals surface area contributed by atoms with Crippen LogP contribution in [0.5, 0.6) is 11.5 Å². The zero-order valence-corrected chi connectivity index (χ0v) is 16.1. The minimum Gasteiger partial charge on any atom is -0.490 e. The van der Waals surface area contributed by atoms with Crippen molar-refractivity contribution >= 4 is 28.5 Å². The Morgan fingerprint density at radius 3 is 2.56 bits per heavy atom. The zero-order valence-electron chi connectivity index (χ0n) is 13.9. The van der Waals surface area contributed by atoms with Crippen molar-refractivity contribution in [1.29, 1.82) is 0 Å². The quantitative estimate of drug-likeness (QED) is 0.637. The maximum absolute atomic E-state index is 13.0. The molecule has 1 unspecified atom stereocenters. The van der Waals surface area contributed by atoms with Crippen molar-refractivity contribution in [2.24, 2.45) is 0 Å². The highest BCUT2D eigenvalue weighted by atomic mass is 127. The Balaban J connectivity index is 1.60. The number of hydrogen-bond donors (Lipinski definition) is 0. The van der Waals surface area contributed by atoms with Crippen LogP contribution in [-0.4, -0.2) is 30.6 Å². The van der Waals surface area contributed by atoms with E-state index >= 15 is 0 Å². The molecule has 0 N–H and O–H groups in total. The maximum atomic E-state index is 13.0. The summed E-state index contributed by atoms with van der Waals surface area (Å²) >= 11 is 2.25. The number of hydrogen-bond acceptors (Lipinski definition) is 3. The molecule has 5 heteroatoms.